The molecule has 0 unspecified atom stereocenters. The Bertz CT molecular complexity index is 302. The molecule has 70 valence electrons. The molecule has 1 rings (SSSR count). The number of benzene rings is 1. The topological polar surface area (TPSA) is 26.3 Å². The summed E-state index contributed by atoms with van der Waals surface area (Å²) in [6.07, 6.45) is 1.01. The second-order valence-electron chi connectivity index (χ2n) is 2.38. The van der Waals surface area contributed by atoms with Crippen LogP contribution in [0.1, 0.15) is 6.42 Å². The lowest BCUT2D eigenvalue weighted by atomic mass is 10.3. The molecule has 0 aromatic heterocycles. The molecule has 4 heteroatoms. The number of carbonyl (C=O) groups is 1. The van der Waals surface area contributed by atoms with Crippen LogP contribution in [-0.2, 0) is 4.79 Å². The summed E-state index contributed by atoms with van der Waals surface area (Å²) in [6.45, 7) is 0.210. The van der Waals surface area contributed by atoms with Crippen molar-refractivity contribution in [2.75, 3.05) is 6.61 Å². The minimum absolute atomic E-state index is 0.171. The van der Waals surface area contributed by atoms with Crippen molar-refractivity contribution in [2.24, 2.45) is 0 Å². The first-order valence-corrected chi connectivity index (χ1v) is 4.55. The zero-order valence-corrected chi connectivity index (χ0v) is 8.38. The Balaban J connectivity index is 2.61. The summed E-state index contributed by atoms with van der Waals surface area (Å²) in [5, 5.41) is 0. The second kappa shape index (κ2) is 4.97. The Hall–Kier alpha value is -0.900. The first-order valence-electron chi connectivity index (χ1n) is 3.75. The average Bonchev–Trinajstić information content (AvgIpc) is 2.09. The molecule has 0 heterocycles. The molecule has 0 spiro atoms. The highest BCUT2D eigenvalue weighted by Crippen LogP contribution is 2.21. The maximum absolute atomic E-state index is 13.0. The van der Waals surface area contributed by atoms with Crippen LogP contribution in [0.15, 0.2) is 22.7 Å². The molecule has 1 aromatic carbocycles. The van der Waals surface area contributed by atoms with E-state index in [4.69, 9.17) is 4.74 Å². The Morgan fingerprint density at radius 1 is 1.54 bits per heavy atom. The maximum atomic E-state index is 13.0. The molecule has 0 amide bonds. The Labute approximate surface area is 83.8 Å². The molecule has 0 fully saturated rings. The van der Waals surface area contributed by atoms with Gasteiger partial charge in [0, 0.05) is 10.9 Å². The van der Waals surface area contributed by atoms with Crippen LogP contribution in [0.4, 0.5) is 4.39 Å². The standard InChI is InChI=1S/C9H8BrFO2/c10-7-2-3-9(8(11)6-7)13-5-1-4-12/h2-4,6H,1,5H2. The van der Waals surface area contributed by atoms with Gasteiger partial charge in [-0.2, -0.15) is 0 Å². The zero-order chi connectivity index (χ0) is 9.68. The van der Waals surface area contributed by atoms with Crippen LogP contribution in [-0.4, -0.2) is 12.9 Å². The monoisotopic (exact) mass is 246 g/mol. The number of halogens is 2. The fraction of sp³-hybridized carbons (Fsp3) is 0.222. The average molecular weight is 247 g/mol. The third-order valence-corrected chi connectivity index (χ3v) is 1.88. The summed E-state index contributed by atoms with van der Waals surface area (Å²) in [4.78, 5) is 9.95. The first kappa shape index (κ1) is 10.2. The third kappa shape index (κ3) is 3.14. The summed E-state index contributed by atoms with van der Waals surface area (Å²) >= 11 is 3.13. The third-order valence-electron chi connectivity index (χ3n) is 1.39. The lowest BCUT2D eigenvalue weighted by molar-refractivity contribution is -0.108. The van der Waals surface area contributed by atoms with Crippen LogP contribution in [0.2, 0.25) is 0 Å². The summed E-state index contributed by atoms with van der Waals surface area (Å²) in [5.74, 6) is -0.259. The number of ether oxygens (including phenoxy) is 1. The van der Waals surface area contributed by atoms with E-state index in [0.29, 0.717) is 4.47 Å². The van der Waals surface area contributed by atoms with E-state index in [2.05, 4.69) is 15.9 Å². The minimum atomic E-state index is -0.430. The van der Waals surface area contributed by atoms with Crippen molar-refractivity contribution >= 4 is 22.2 Å². The first-order chi connectivity index (χ1) is 6.24. The van der Waals surface area contributed by atoms with Gasteiger partial charge in [-0.1, -0.05) is 15.9 Å². The molecule has 0 radical (unpaired) electrons. The van der Waals surface area contributed by atoms with Gasteiger partial charge in [0.05, 0.1) is 6.61 Å². The molecular weight excluding hydrogens is 239 g/mol. The van der Waals surface area contributed by atoms with Crippen LogP contribution in [0.25, 0.3) is 0 Å². The molecule has 0 aliphatic rings. The van der Waals surface area contributed by atoms with Gasteiger partial charge in [-0.15, -0.1) is 0 Å². The van der Waals surface area contributed by atoms with E-state index < -0.39 is 5.82 Å². The van der Waals surface area contributed by atoms with E-state index >= 15 is 0 Å². The van der Waals surface area contributed by atoms with Gasteiger partial charge < -0.3 is 9.53 Å². The predicted molar refractivity (Wildman–Crippen MR) is 50.3 cm³/mol. The van der Waals surface area contributed by atoms with E-state index in [9.17, 15) is 9.18 Å². The molecule has 13 heavy (non-hydrogen) atoms. The zero-order valence-electron chi connectivity index (χ0n) is 6.80. The fourth-order valence-corrected chi connectivity index (χ4v) is 1.14. The molecular formula is C9H8BrFO2. The number of hydrogen-bond acceptors (Lipinski definition) is 2. The van der Waals surface area contributed by atoms with Gasteiger partial charge in [0.25, 0.3) is 0 Å². The van der Waals surface area contributed by atoms with Crippen molar-refractivity contribution in [1.82, 2.24) is 0 Å². The molecule has 0 aliphatic heterocycles. The van der Waals surface area contributed by atoms with Crippen LogP contribution in [0.5, 0.6) is 5.75 Å². The summed E-state index contributed by atoms with van der Waals surface area (Å²) in [6, 6.07) is 4.51. The molecule has 0 saturated carbocycles. The van der Waals surface area contributed by atoms with Crippen LogP contribution < -0.4 is 4.74 Å². The smallest absolute Gasteiger partial charge is 0.166 e. The highest BCUT2D eigenvalue weighted by Gasteiger charge is 2.02. The molecule has 0 bridgehead atoms. The maximum Gasteiger partial charge on any atom is 0.166 e. The van der Waals surface area contributed by atoms with Crippen LogP contribution >= 0.6 is 15.9 Å². The highest BCUT2D eigenvalue weighted by atomic mass is 79.9. The van der Waals surface area contributed by atoms with E-state index in [1.165, 1.54) is 12.1 Å². The molecule has 0 N–H and O–H groups in total. The summed E-state index contributed by atoms with van der Waals surface area (Å²) in [5.41, 5.74) is 0. The molecule has 0 aliphatic carbocycles. The molecule has 0 atom stereocenters. The van der Waals surface area contributed by atoms with Gasteiger partial charge in [0.1, 0.15) is 6.29 Å². The van der Waals surface area contributed by atoms with E-state index in [0.717, 1.165) is 6.29 Å². The van der Waals surface area contributed by atoms with Gasteiger partial charge in [-0.25, -0.2) is 4.39 Å². The number of aldehydes is 1. The SMILES string of the molecule is O=CCCOc1ccc(Br)cc1F. The van der Waals surface area contributed by atoms with Crippen molar-refractivity contribution < 1.29 is 13.9 Å². The van der Waals surface area contributed by atoms with Gasteiger partial charge in [0.2, 0.25) is 0 Å². The lowest BCUT2D eigenvalue weighted by Crippen LogP contribution is -1.99. The second-order valence-corrected chi connectivity index (χ2v) is 3.29. The van der Waals surface area contributed by atoms with Gasteiger partial charge in [0.15, 0.2) is 11.6 Å². The molecule has 1 aromatic rings. The number of hydrogen-bond donors (Lipinski definition) is 0. The Morgan fingerprint density at radius 2 is 2.31 bits per heavy atom. The highest BCUT2D eigenvalue weighted by molar-refractivity contribution is 9.10. The van der Waals surface area contributed by atoms with Crippen molar-refractivity contribution in [3.8, 4) is 5.75 Å². The number of carbonyl (C=O) groups excluding carboxylic acids is 1. The quantitative estimate of drug-likeness (QED) is 0.603. The largest absolute Gasteiger partial charge is 0.490 e. The van der Waals surface area contributed by atoms with Gasteiger partial charge in [-0.3, -0.25) is 0 Å². The fourth-order valence-electron chi connectivity index (χ4n) is 0.809. The lowest BCUT2D eigenvalue weighted by Gasteiger charge is -2.04. The van der Waals surface area contributed by atoms with E-state index in [1.54, 1.807) is 6.07 Å². The van der Waals surface area contributed by atoms with Crippen LogP contribution in [0.3, 0.4) is 0 Å². The normalized spacial score (nSPS) is 9.69. The molecule has 2 nitrogen and oxygen atoms in total. The minimum Gasteiger partial charge on any atom is -0.490 e. The van der Waals surface area contributed by atoms with Crippen LogP contribution in [0, 0.1) is 5.82 Å². The summed E-state index contributed by atoms with van der Waals surface area (Å²) in [7, 11) is 0. The Morgan fingerprint density at radius 3 is 2.92 bits per heavy atom. The van der Waals surface area contributed by atoms with Crippen molar-refractivity contribution in [3.63, 3.8) is 0 Å². The molecule has 0 saturated heterocycles. The van der Waals surface area contributed by atoms with Crippen molar-refractivity contribution in [3.05, 3.63) is 28.5 Å². The van der Waals surface area contributed by atoms with E-state index in [-0.39, 0.29) is 18.8 Å². The van der Waals surface area contributed by atoms with Crippen molar-refractivity contribution in [1.29, 1.82) is 0 Å². The van der Waals surface area contributed by atoms with Gasteiger partial charge >= 0.3 is 0 Å². The van der Waals surface area contributed by atoms with Crippen molar-refractivity contribution in [2.45, 2.75) is 6.42 Å². The predicted octanol–water partition coefficient (Wildman–Crippen LogP) is 2.56. The van der Waals surface area contributed by atoms with Gasteiger partial charge in [-0.05, 0) is 18.2 Å². The summed E-state index contributed by atoms with van der Waals surface area (Å²) < 4.78 is 18.7. The Kier molecular flexibility index (Phi) is 3.89. The number of rotatable bonds is 4. The van der Waals surface area contributed by atoms with E-state index in [1.807, 2.05) is 0 Å².